The number of ether oxygens (including phenoxy) is 1. The molecule has 3 fully saturated rings. The van der Waals surface area contributed by atoms with E-state index in [9.17, 15) is 9.18 Å². The number of carbonyl (C=O) groups is 1. The van der Waals surface area contributed by atoms with Gasteiger partial charge in [-0.15, -0.1) is 0 Å². The quantitative estimate of drug-likeness (QED) is 0.518. The molecule has 4 aliphatic rings. The van der Waals surface area contributed by atoms with Crippen molar-refractivity contribution in [2.75, 3.05) is 0 Å². The van der Waals surface area contributed by atoms with Gasteiger partial charge in [-0.1, -0.05) is 19.1 Å². The van der Waals surface area contributed by atoms with Crippen molar-refractivity contribution in [3.8, 4) is 0 Å². The molecule has 128 valence electrons. The zero-order chi connectivity index (χ0) is 16.2. The number of esters is 1. The van der Waals surface area contributed by atoms with Crippen molar-refractivity contribution in [3.63, 3.8) is 0 Å². The molecule has 3 heteroatoms. The van der Waals surface area contributed by atoms with E-state index >= 15 is 0 Å². The monoisotopic (exact) mass is 320 g/mol. The molecule has 4 rings (SSSR count). The molecular formula is C20H29FO2. The van der Waals surface area contributed by atoms with Crippen molar-refractivity contribution >= 4 is 5.97 Å². The molecule has 0 aromatic rings. The smallest absolute Gasteiger partial charge is 0.302 e. The van der Waals surface area contributed by atoms with E-state index in [2.05, 4.69) is 13.0 Å². The number of carbonyl (C=O) groups excluding carboxylic acids is 1. The van der Waals surface area contributed by atoms with Crippen LogP contribution in [0.5, 0.6) is 0 Å². The van der Waals surface area contributed by atoms with E-state index in [1.54, 1.807) is 0 Å². The second-order valence-corrected chi connectivity index (χ2v) is 8.68. The molecule has 0 N–H and O–H groups in total. The number of alkyl halides is 1. The van der Waals surface area contributed by atoms with Crippen LogP contribution < -0.4 is 0 Å². The van der Waals surface area contributed by atoms with Crippen LogP contribution in [0.3, 0.4) is 0 Å². The summed E-state index contributed by atoms with van der Waals surface area (Å²) in [6, 6.07) is 0. The second-order valence-electron chi connectivity index (χ2n) is 8.68. The Morgan fingerprint density at radius 3 is 2.78 bits per heavy atom. The van der Waals surface area contributed by atoms with E-state index in [0.29, 0.717) is 23.7 Å². The van der Waals surface area contributed by atoms with Gasteiger partial charge in [-0.3, -0.25) is 4.79 Å². The molecule has 0 bridgehead atoms. The Morgan fingerprint density at radius 1 is 1.17 bits per heavy atom. The molecule has 0 aliphatic heterocycles. The normalized spacial score (nSPS) is 51.5. The molecule has 1 unspecified atom stereocenters. The molecule has 0 aromatic heterocycles. The van der Waals surface area contributed by atoms with Crippen LogP contribution in [0.15, 0.2) is 12.2 Å². The van der Waals surface area contributed by atoms with Crippen molar-refractivity contribution in [2.45, 2.75) is 71.1 Å². The fraction of sp³-hybridized carbons (Fsp3) is 0.850. The summed E-state index contributed by atoms with van der Waals surface area (Å²) in [7, 11) is 0. The summed E-state index contributed by atoms with van der Waals surface area (Å²) < 4.78 is 20.3. The second kappa shape index (κ2) is 5.60. The summed E-state index contributed by atoms with van der Waals surface area (Å²) in [5.74, 6) is 2.46. The number of hydrogen-bond donors (Lipinski definition) is 0. The van der Waals surface area contributed by atoms with Crippen molar-refractivity contribution in [1.82, 2.24) is 0 Å². The van der Waals surface area contributed by atoms with Crippen molar-refractivity contribution in [3.05, 3.63) is 12.2 Å². The van der Waals surface area contributed by atoms with E-state index in [1.165, 1.54) is 19.8 Å². The van der Waals surface area contributed by atoms with Gasteiger partial charge < -0.3 is 4.74 Å². The van der Waals surface area contributed by atoms with Crippen molar-refractivity contribution in [2.24, 2.45) is 35.0 Å². The number of rotatable bonds is 1. The molecule has 0 radical (unpaired) electrons. The predicted octanol–water partition coefficient (Wildman–Crippen LogP) is 4.68. The molecule has 3 saturated carbocycles. The van der Waals surface area contributed by atoms with Gasteiger partial charge in [0.15, 0.2) is 0 Å². The van der Waals surface area contributed by atoms with Crippen LogP contribution in [0.2, 0.25) is 0 Å². The van der Waals surface area contributed by atoms with Gasteiger partial charge in [0, 0.05) is 12.3 Å². The summed E-state index contributed by atoms with van der Waals surface area (Å²) in [6.07, 6.45) is 11.1. The predicted molar refractivity (Wildman–Crippen MR) is 87.5 cm³/mol. The Hall–Kier alpha value is -0.860. The van der Waals surface area contributed by atoms with Crippen LogP contribution >= 0.6 is 0 Å². The maximum atomic E-state index is 14.6. The molecule has 4 aliphatic carbocycles. The molecule has 2 nitrogen and oxygen atoms in total. The number of fused-ring (bicyclic) bond motifs is 5. The molecular weight excluding hydrogens is 291 g/mol. The van der Waals surface area contributed by atoms with Crippen molar-refractivity contribution in [1.29, 1.82) is 0 Å². The van der Waals surface area contributed by atoms with Gasteiger partial charge in [-0.05, 0) is 74.5 Å². The fourth-order valence-electron chi connectivity index (χ4n) is 6.79. The Labute approximate surface area is 138 Å². The summed E-state index contributed by atoms with van der Waals surface area (Å²) in [6.45, 7) is 3.85. The van der Waals surface area contributed by atoms with Crippen LogP contribution in [0.1, 0.15) is 58.8 Å². The van der Waals surface area contributed by atoms with E-state index in [0.717, 1.165) is 32.1 Å². The first-order valence-corrected chi connectivity index (χ1v) is 9.48. The summed E-state index contributed by atoms with van der Waals surface area (Å²) in [4.78, 5) is 11.5. The average molecular weight is 320 g/mol. The summed E-state index contributed by atoms with van der Waals surface area (Å²) in [5.41, 5.74) is 0.121. The third kappa shape index (κ3) is 2.37. The number of halogens is 1. The molecule has 23 heavy (non-hydrogen) atoms. The zero-order valence-corrected chi connectivity index (χ0v) is 14.3. The summed E-state index contributed by atoms with van der Waals surface area (Å²) in [5, 5.41) is 0. The van der Waals surface area contributed by atoms with Gasteiger partial charge in [0.25, 0.3) is 0 Å². The first-order chi connectivity index (χ1) is 11.0. The lowest BCUT2D eigenvalue weighted by molar-refractivity contribution is -0.157. The third-order valence-electron chi connectivity index (χ3n) is 7.75. The van der Waals surface area contributed by atoms with Crippen molar-refractivity contribution < 1.29 is 13.9 Å². The lowest BCUT2D eigenvalue weighted by Gasteiger charge is -2.55. The van der Waals surface area contributed by atoms with Crippen LogP contribution in [-0.4, -0.2) is 18.2 Å². The summed E-state index contributed by atoms with van der Waals surface area (Å²) >= 11 is 0. The van der Waals surface area contributed by atoms with E-state index in [1.807, 2.05) is 6.08 Å². The maximum absolute atomic E-state index is 14.6. The largest absolute Gasteiger partial charge is 0.462 e. The average Bonchev–Trinajstić information content (AvgIpc) is 2.83. The minimum atomic E-state index is -0.739. The number of allylic oxidation sites excluding steroid dienone is 2. The highest BCUT2D eigenvalue weighted by atomic mass is 19.1. The minimum Gasteiger partial charge on any atom is -0.462 e. The lowest BCUT2D eigenvalue weighted by Crippen LogP contribution is -2.51. The highest BCUT2D eigenvalue weighted by molar-refractivity contribution is 5.66. The molecule has 8 atom stereocenters. The van der Waals surface area contributed by atoms with Gasteiger partial charge >= 0.3 is 5.97 Å². The number of hydrogen-bond acceptors (Lipinski definition) is 2. The van der Waals surface area contributed by atoms with Crippen LogP contribution in [0.25, 0.3) is 0 Å². The zero-order valence-electron chi connectivity index (χ0n) is 14.3. The van der Waals surface area contributed by atoms with Gasteiger partial charge in [-0.2, -0.15) is 0 Å². The Balaban J connectivity index is 1.58. The van der Waals surface area contributed by atoms with E-state index in [4.69, 9.17) is 4.74 Å². The Bertz CT molecular complexity index is 516. The lowest BCUT2D eigenvalue weighted by atomic mass is 9.51. The molecule has 0 saturated heterocycles. The third-order valence-corrected chi connectivity index (χ3v) is 7.75. The topological polar surface area (TPSA) is 26.3 Å². The van der Waals surface area contributed by atoms with Gasteiger partial charge in [-0.25, -0.2) is 4.39 Å². The molecule has 0 amide bonds. The maximum Gasteiger partial charge on any atom is 0.302 e. The minimum absolute atomic E-state index is 0.0797. The first-order valence-electron chi connectivity index (χ1n) is 9.48. The van der Waals surface area contributed by atoms with Crippen LogP contribution in [0, 0.1) is 35.0 Å². The van der Waals surface area contributed by atoms with Gasteiger partial charge in [0.1, 0.15) is 12.3 Å². The first kappa shape index (κ1) is 15.7. The SMILES string of the molecule is CC(=O)O[C@H]1CC[C@@H]2[C@@H]3CC[C@@H]4CC=C[C@@H](F)C4[C@@H]3CC[C@]12C. The molecule has 0 heterocycles. The highest BCUT2D eigenvalue weighted by Gasteiger charge is 2.58. The highest BCUT2D eigenvalue weighted by Crippen LogP contribution is 2.62. The molecule has 0 spiro atoms. The molecule has 0 aromatic carbocycles. The Morgan fingerprint density at radius 2 is 2.00 bits per heavy atom. The van der Waals surface area contributed by atoms with Crippen LogP contribution in [-0.2, 0) is 9.53 Å². The van der Waals surface area contributed by atoms with Crippen LogP contribution in [0.4, 0.5) is 4.39 Å². The fourth-order valence-corrected chi connectivity index (χ4v) is 6.79. The van der Waals surface area contributed by atoms with E-state index < -0.39 is 6.17 Å². The van der Waals surface area contributed by atoms with Gasteiger partial charge in [0.05, 0.1) is 0 Å². The standard InChI is InChI=1S/C20H29FO2/c1-12(22)23-18-9-8-16-14-7-6-13-4-3-5-17(21)19(13)15(14)10-11-20(16,18)2/h3,5,13-19H,4,6-11H2,1-2H3/t13-,14+,15+,16+,17+,18-,19?,20-/m0/s1. The van der Waals surface area contributed by atoms with Gasteiger partial charge in [0.2, 0.25) is 0 Å². The van der Waals surface area contributed by atoms with E-state index in [-0.39, 0.29) is 23.4 Å². The Kier molecular flexibility index (Phi) is 3.81.